The van der Waals surface area contributed by atoms with Gasteiger partial charge < -0.3 is 19.4 Å². The van der Waals surface area contributed by atoms with Crippen LogP contribution in [0.5, 0.6) is 0 Å². The third-order valence-corrected chi connectivity index (χ3v) is 4.99. The second-order valence-corrected chi connectivity index (χ2v) is 7.18. The topological polar surface area (TPSA) is 39.3 Å². The van der Waals surface area contributed by atoms with Gasteiger partial charge in [-0.2, -0.15) is 0 Å². The molecule has 0 N–H and O–H groups in total. The number of carbonyl (C=O) groups excluding carboxylic acids is 1. The van der Waals surface area contributed by atoms with Gasteiger partial charge in [0.1, 0.15) is 0 Å². The van der Waals surface area contributed by atoms with E-state index in [-0.39, 0.29) is 11.6 Å². The van der Waals surface area contributed by atoms with Crippen LogP contribution in [0.3, 0.4) is 0 Å². The number of nitrogens with zero attached hydrogens (tertiary/aromatic N) is 4. The molecule has 0 saturated carbocycles. The van der Waals surface area contributed by atoms with Crippen LogP contribution in [0.15, 0.2) is 0 Å². The fourth-order valence-electron chi connectivity index (χ4n) is 4.11. The summed E-state index contributed by atoms with van der Waals surface area (Å²) in [5.41, 5.74) is 0.200. The SMILES string of the molecule is CN1C[C@@H]2CN(C(=O)N3CCOCC3)CCN2C(C)(C)C1. The van der Waals surface area contributed by atoms with Crippen LogP contribution >= 0.6 is 0 Å². The Kier molecular flexibility index (Phi) is 4.12. The maximum atomic E-state index is 12.6. The molecule has 2 amide bonds. The van der Waals surface area contributed by atoms with Crippen LogP contribution in [-0.2, 0) is 4.74 Å². The fourth-order valence-corrected chi connectivity index (χ4v) is 4.11. The number of likely N-dealkylation sites (N-methyl/N-ethyl adjacent to an activating group) is 1. The van der Waals surface area contributed by atoms with Gasteiger partial charge in [-0.05, 0) is 20.9 Å². The quantitative estimate of drug-likeness (QED) is 0.638. The Hall–Kier alpha value is -0.850. The number of ether oxygens (including phenoxy) is 1. The first-order valence-corrected chi connectivity index (χ1v) is 8.04. The predicted octanol–water partition coefficient (Wildman–Crippen LogP) is 0.149. The molecule has 0 aromatic carbocycles. The standard InChI is InChI=1S/C15H28N4O2/c1-15(2)12-16(3)10-13-11-18(4-5-19(13)15)14(20)17-6-8-21-9-7-17/h13H,4-12H2,1-3H3/t13-/m1/s1. The van der Waals surface area contributed by atoms with E-state index in [0.717, 1.165) is 45.8 Å². The van der Waals surface area contributed by atoms with Crippen molar-refractivity contribution in [1.82, 2.24) is 19.6 Å². The highest BCUT2D eigenvalue weighted by Gasteiger charge is 2.42. The summed E-state index contributed by atoms with van der Waals surface area (Å²) in [5.74, 6) is 0. The number of carbonyl (C=O) groups is 1. The third kappa shape index (κ3) is 3.03. The lowest BCUT2D eigenvalue weighted by Gasteiger charge is -2.55. The Morgan fingerprint density at radius 1 is 1.05 bits per heavy atom. The molecule has 3 fully saturated rings. The molecule has 0 unspecified atom stereocenters. The van der Waals surface area contributed by atoms with Gasteiger partial charge in [0.25, 0.3) is 0 Å². The highest BCUT2D eigenvalue weighted by molar-refractivity contribution is 5.74. The highest BCUT2D eigenvalue weighted by atomic mass is 16.5. The summed E-state index contributed by atoms with van der Waals surface area (Å²) >= 11 is 0. The lowest BCUT2D eigenvalue weighted by molar-refractivity contribution is -0.0534. The number of amides is 2. The molecular formula is C15H28N4O2. The van der Waals surface area contributed by atoms with Crippen LogP contribution in [-0.4, -0.2) is 103 Å². The van der Waals surface area contributed by atoms with Gasteiger partial charge in [0.15, 0.2) is 0 Å². The Morgan fingerprint density at radius 3 is 2.48 bits per heavy atom. The summed E-state index contributed by atoms with van der Waals surface area (Å²) in [6.45, 7) is 12.3. The van der Waals surface area contributed by atoms with E-state index in [9.17, 15) is 4.79 Å². The van der Waals surface area contributed by atoms with E-state index < -0.39 is 0 Å². The minimum Gasteiger partial charge on any atom is -0.378 e. The molecule has 0 spiro atoms. The van der Waals surface area contributed by atoms with E-state index in [4.69, 9.17) is 4.74 Å². The zero-order chi connectivity index (χ0) is 15.0. The summed E-state index contributed by atoms with van der Waals surface area (Å²) in [5, 5.41) is 0. The van der Waals surface area contributed by atoms with Crippen LogP contribution in [0, 0.1) is 0 Å². The van der Waals surface area contributed by atoms with Crippen molar-refractivity contribution in [2.45, 2.75) is 25.4 Å². The molecular weight excluding hydrogens is 268 g/mol. The van der Waals surface area contributed by atoms with Crippen LogP contribution < -0.4 is 0 Å². The van der Waals surface area contributed by atoms with Crippen LogP contribution in [0.4, 0.5) is 4.79 Å². The van der Waals surface area contributed by atoms with Crippen molar-refractivity contribution in [2.75, 3.05) is 66.1 Å². The van der Waals surface area contributed by atoms with Gasteiger partial charge in [0.05, 0.1) is 13.2 Å². The molecule has 3 saturated heterocycles. The van der Waals surface area contributed by atoms with E-state index >= 15 is 0 Å². The summed E-state index contributed by atoms with van der Waals surface area (Å²) < 4.78 is 5.34. The molecule has 21 heavy (non-hydrogen) atoms. The summed E-state index contributed by atoms with van der Waals surface area (Å²) in [6.07, 6.45) is 0. The Bertz CT molecular complexity index is 395. The molecule has 6 heteroatoms. The van der Waals surface area contributed by atoms with Gasteiger partial charge in [-0.1, -0.05) is 0 Å². The molecule has 1 atom stereocenters. The zero-order valence-corrected chi connectivity index (χ0v) is 13.5. The molecule has 3 aliphatic rings. The molecule has 0 aliphatic carbocycles. The Labute approximate surface area is 127 Å². The number of piperazine rings is 2. The number of hydrogen-bond donors (Lipinski definition) is 0. The second kappa shape index (κ2) is 5.74. The first-order valence-electron chi connectivity index (χ1n) is 8.04. The summed E-state index contributed by atoms with van der Waals surface area (Å²) in [4.78, 5) is 21.6. The predicted molar refractivity (Wildman–Crippen MR) is 81.4 cm³/mol. The molecule has 3 heterocycles. The van der Waals surface area contributed by atoms with Crippen molar-refractivity contribution in [2.24, 2.45) is 0 Å². The second-order valence-electron chi connectivity index (χ2n) is 7.18. The first-order chi connectivity index (χ1) is 9.97. The molecule has 3 rings (SSSR count). The molecule has 120 valence electrons. The number of urea groups is 1. The molecule has 0 bridgehead atoms. The zero-order valence-electron chi connectivity index (χ0n) is 13.5. The number of rotatable bonds is 0. The van der Waals surface area contributed by atoms with Crippen molar-refractivity contribution in [3.63, 3.8) is 0 Å². The van der Waals surface area contributed by atoms with Crippen molar-refractivity contribution >= 4 is 6.03 Å². The van der Waals surface area contributed by atoms with Crippen molar-refractivity contribution in [3.05, 3.63) is 0 Å². The minimum atomic E-state index is 0.198. The Morgan fingerprint density at radius 2 is 1.76 bits per heavy atom. The van der Waals surface area contributed by atoms with Gasteiger partial charge in [-0.3, -0.25) is 4.90 Å². The third-order valence-electron chi connectivity index (χ3n) is 4.99. The van der Waals surface area contributed by atoms with Crippen LogP contribution in [0.25, 0.3) is 0 Å². The van der Waals surface area contributed by atoms with Crippen molar-refractivity contribution in [3.8, 4) is 0 Å². The van der Waals surface area contributed by atoms with Crippen LogP contribution in [0.2, 0.25) is 0 Å². The van der Waals surface area contributed by atoms with Crippen molar-refractivity contribution in [1.29, 1.82) is 0 Å². The minimum absolute atomic E-state index is 0.198. The van der Waals surface area contributed by atoms with Gasteiger partial charge in [0.2, 0.25) is 0 Å². The van der Waals surface area contributed by atoms with Gasteiger partial charge in [-0.25, -0.2) is 4.79 Å². The lowest BCUT2D eigenvalue weighted by Crippen LogP contribution is -2.70. The van der Waals surface area contributed by atoms with E-state index in [1.807, 2.05) is 9.80 Å². The maximum absolute atomic E-state index is 12.6. The van der Waals surface area contributed by atoms with E-state index in [1.165, 1.54) is 0 Å². The average molecular weight is 296 g/mol. The van der Waals surface area contributed by atoms with Gasteiger partial charge in [-0.15, -0.1) is 0 Å². The van der Waals surface area contributed by atoms with E-state index in [1.54, 1.807) is 0 Å². The molecule has 6 nitrogen and oxygen atoms in total. The van der Waals surface area contributed by atoms with Crippen LogP contribution in [0.1, 0.15) is 13.8 Å². The largest absolute Gasteiger partial charge is 0.378 e. The molecule has 3 aliphatic heterocycles. The normalized spacial score (nSPS) is 31.1. The van der Waals surface area contributed by atoms with Gasteiger partial charge in [0, 0.05) is 57.4 Å². The van der Waals surface area contributed by atoms with Crippen molar-refractivity contribution < 1.29 is 9.53 Å². The maximum Gasteiger partial charge on any atom is 0.320 e. The highest BCUT2D eigenvalue weighted by Crippen LogP contribution is 2.27. The first kappa shape index (κ1) is 15.1. The van der Waals surface area contributed by atoms with E-state index in [2.05, 4.69) is 30.7 Å². The molecule has 0 aromatic heterocycles. The summed E-state index contributed by atoms with van der Waals surface area (Å²) in [6, 6.07) is 0.654. The monoisotopic (exact) mass is 296 g/mol. The lowest BCUT2D eigenvalue weighted by atomic mass is 9.93. The van der Waals surface area contributed by atoms with E-state index in [0.29, 0.717) is 19.3 Å². The molecule has 0 aromatic rings. The smallest absolute Gasteiger partial charge is 0.320 e. The molecule has 0 radical (unpaired) electrons. The number of hydrogen-bond acceptors (Lipinski definition) is 4. The number of morpholine rings is 1. The number of fused-ring (bicyclic) bond motifs is 1. The Balaban J connectivity index is 1.64. The fraction of sp³-hybridized carbons (Fsp3) is 0.933. The van der Waals surface area contributed by atoms with Gasteiger partial charge >= 0.3 is 6.03 Å². The summed E-state index contributed by atoms with van der Waals surface area (Å²) in [7, 11) is 2.18. The average Bonchev–Trinajstić information content (AvgIpc) is 2.45.